The van der Waals surface area contributed by atoms with Crippen LogP contribution in [0.3, 0.4) is 0 Å². The fraction of sp³-hybridized carbons (Fsp3) is 0. The smallest absolute Gasteiger partial charge is 0.270 e. The first-order valence-corrected chi connectivity index (χ1v) is 5.86. The molecule has 98 valence electrons. The van der Waals surface area contributed by atoms with Crippen molar-refractivity contribution in [3.05, 3.63) is 58.4 Å². The van der Waals surface area contributed by atoms with E-state index in [0.717, 1.165) is 5.56 Å². The molecule has 1 N–H and O–H groups in total. The summed E-state index contributed by atoms with van der Waals surface area (Å²) in [5.74, 6) is 0. The number of H-pyrrole nitrogens is 1. The predicted molar refractivity (Wildman–Crippen MR) is 73.6 cm³/mol. The van der Waals surface area contributed by atoms with Gasteiger partial charge in [0.2, 0.25) is 0 Å². The predicted octanol–water partition coefficient (Wildman–Crippen LogP) is 2.95. The zero-order chi connectivity index (χ0) is 14.1. The van der Waals surface area contributed by atoms with Crippen LogP contribution in [0.5, 0.6) is 0 Å². The molecule has 0 unspecified atom stereocenters. The molecule has 0 aliphatic carbocycles. The molecule has 0 saturated heterocycles. The van der Waals surface area contributed by atoms with Gasteiger partial charge in [-0.25, -0.2) is 0 Å². The van der Waals surface area contributed by atoms with Crippen molar-refractivity contribution >= 4 is 22.9 Å². The van der Waals surface area contributed by atoms with Gasteiger partial charge in [-0.1, -0.05) is 0 Å². The lowest BCUT2D eigenvalue weighted by molar-refractivity contribution is -0.384. The van der Waals surface area contributed by atoms with Crippen LogP contribution in [0.15, 0.2) is 42.7 Å². The number of nitro benzene ring substituents is 1. The summed E-state index contributed by atoms with van der Waals surface area (Å²) in [6, 6.07) is 7.95. The van der Waals surface area contributed by atoms with Gasteiger partial charge >= 0.3 is 0 Å². The molecule has 6 heteroatoms. The van der Waals surface area contributed by atoms with E-state index >= 15 is 0 Å². The van der Waals surface area contributed by atoms with E-state index in [0.29, 0.717) is 28.4 Å². The number of rotatable bonds is 3. The molecule has 0 aliphatic heterocycles. The standard InChI is InChI=1S/C14H9N3O3/c18-8-12-11-7-10(17(19)20)1-2-13(11)16-14(12)9-3-5-15-6-4-9/h1-8,16H. The van der Waals surface area contributed by atoms with Crippen LogP contribution in [0.1, 0.15) is 10.4 Å². The number of carbonyl (C=O) groups is 1. The van der Waals surface area contributed by atoms with E-state index in [4.69, 9.17) is 0 Å². The topological polar surface area (TPSA) is 88.9 Å². The van der Waals surface area contributed by atoms with Crippen LogP contribution >= 0.6 is 0 Å². The van der Waals surface area contributed by atoms with Gasteiger partial charge in [0, 0.05) is 46.6 Å². The van der Waals surface area contributed by atoms with E-state index < -0.39 is 4.92 Å². The Balaban J connectivity index is 2.29. The van der Waals surface area contributed by atoms with Gasteiger partial charge in [0.05, 0.1) is 10.6 Å². The van der Waals surface area contributed by atoms with Crippen molar-refractivity contribution in [1.82, 2.24) is 9.97 Å². The van der Waals surface area contributed by atoms with Crippen LogP contribution in [0, 0.1) is 10.1 Å². The first kappa shape index (κ1) is 12.0. The third kappa shape index (κ3) is 1.83. The van der Waals surface area contributed by atoms with Crippen LogP contribution < -0.4 is 0 Å². The summed E-state index contributed by atoms with van der Waals surface area (Å²) < 4.78 is 0. The number of pyridine rings is 1. The highest BCUT2D eigenvalue weighted by molar-refractivity contribution is 6.05. The van der Waals surface area contributed by atoms with Crippen molar-refractivity contribution in [2.45, 2.75) is 0 Å². The Kier molecular flexibility index (Phi) is 2.76. The van der Waals surface area contributed by atoms with Gasteiger partial charge in [-0.05, 0) is 18.2 Å². The van der Waals surface area contributed by atoms with E-state index in [9.17, 15) is 14.9 Å². The highest BCUT2D eigenvalue weighted by atomic mass is 16.6. The number of non-ortho nitro benzene ring substituents is 1. The average Bonchev–Trinajstić information content (AvgIpc) is 2.85. The number of nitrogens with one attached hydrogen (secondary N) is 1. The fourth-order valence-electron chi connectivity index (χ4n) is 2.18. The number of carbonyl (C=O) groups excluding carboxylic acids is 1. The maximum Gasteiger partial charge on any atom is 0.270 e. The molecular formula is C14H9N3O3. The first-order valence-electron chi connectivity index (χ1n) is 5.86. The molecule has 0 amide bonds. The molecule has 6 nitrogen and oxygen atoms in total. The Morgan fingerprint density at radius 1 is 1.20 bits per heavy atom. The molecule has 1 aromatic carbocycles. The van der Waals surface area contributed by atoms with Crippen molar-refractivity contribution < 1.29 is 9.72 Å². The summed E-state index contributed by atoms with van der Waals surface area (Å²) in [7, 11) is 0. The Labute approximate surface area is 113 Å². The number of hydrogen-bond donors (Lipinski definition) is 1. The summed E-state index contributed by atoms with van der Waals surface area (Å²) in [5, 5.41) is 11.4. The molecule has 3 rings (SSSR count). The number of aromatic amines is 1. The summed E-state index contributed by atoms with van der Waals surface area (Å²) in [6.45, 7) is 0. The summed E-state index contributed by atoms with van der Waals surface area (Å²) in [4.78, 5) is 28.7. The van der Waals surface area contributed by atoms with Crippen molar-refractivity contribution in [3.63, 3.8) is 0 Å². The van der Waals surface area contributed by atoms with Crippen molar-refractivity contribution in [2.24, 2.45) is 0 Å². The summed E-state index contributed by atoms with van der Waals surface area (Å²) >= 11 is 0. The molecule has 0 aliphatic rings. The normalized spacial score (nSPS) is 10.6. The van der Waals surface area contributed by atoms with E-state index in [-0.39, 0.29) is 5.69 Å². The molecular weight excluding hydrogens is 258 g/mol. The number of aldehydes is 1. The zero-order valence-corrected chi connectivity index (χ0v) is 10.2. The van der Waals surface area contributed by atoms with Crippen LogP contribution in [0.4, 0.5) is 5.69 Å². The van der Waals surface area contributed by atoms with E-state index in [1.54, 1.807) is 30.6 Å². The van der Waals surface area contributed by atoms with Crippen LogP contribution in [0.2, 0.25) is 0 Å². The van der Waals surface area contributed by atoms with E-state index in [1.807, 2.05) is 0 Å². The summed E-state index contributed by atoms with van der Waals surface area (Å²) in [6.07, 6.45) is 3.95. The van der Waals surface area contributed by atoms with Gasteiger partial charge in [0.1, 0.15) is 0 Å². The Morgan fingerprint density at radius 2 is 1.95 bits per heavy atom. The number of nitrogens with zero attached hydrogens (tertiary/aromatic N) is 2. The number of benzene rings is 1. The lowest BCUT2D eigenvalue weighted by atomic mass is 10.1. The largest absolute Gasteiger partial charge is 0.354 e. The second kappa shape index (κ2) is 4.58. The second-order valence-electron chi connectivity index (χ2n) is 4.25. The monoisotopic (exact) mass is 267 g/mol. The maximum absolute atomic E-state index is 11.4. The highest BCUT2D eigenvalue weighted by Gasteiger charge is 2.15. The van der Waals surface area contributed by atoms with Gasteiger partial charge in [0.15, 0.2) is 6.29 Å². The minimum atomic E-state index is -0.479. The van der Waals surface area contributed by atoms with Gasteiger partial charge in [-0.2, -0.15) is 0 Å². The van der Waals surface area contributed by atoms with Crippen LogP contribution in [0.25, 0.3) is 22.2 Å². The van der Waals surface area contributed by atoms with Crippen LogP contribution in [-0.4, -0.2) is 21.2 Å². The van der Waals surface area contributed by atoms with Gasteiger partial charge in [-0.3, -0.25) is 19.9 Å². The fourth-order valence-corrected chi connectivity index (χ4v) is 2.18. The molecule has 0 spiro atoms. The van der Waals surface area contributed by atoms with Gasteiger partial charge < -0.3 is 4.98 Å². The Hall–Kier alpha value is -3.02. The number of fused-ring (bicyclic) bond motifs is 1. The first-order chi connectivity index (χ1) is 9.70. The second-order valence-corrected chi connectivity index (χ2v) is 4.25. The zero-order valence-electron chi connectivity index (χ0n) is 10.2. The molecule has 2 heterocycles. The van der Waals surface area contributed by atoms with Gasteiger partial charge in [-0.15, -0.1) is 0 Å². The molecule has 20 heavy (non-hydrogen) atoms. The lowest BCUT2D eigenvalue weighted by Crippen LogP contribution is -1.87. The van der Waals surface area contributed by atoms with E-state index in [2.05, 4.69) is 9.97 Å². The van der Waals surface area contributed by atoms with Crippen molar-refractivity contribution in [1.29, 1.82) is 0 Å². The SMILES string of the molecule is O=Cc1c(-c2ccncc2)[nH]c2ccc([N+](=O)[O-])cc12. The third-order valence-corrected chi connectivity index (χ3v) is 3.12. The molecule has 0 atom stereocenters. The highest BCUT2D eigenvalue weighted by Crippen LogP contribution is 2.30. The molecule has 3 aromatic rings. The lowest BCUT2D eigenvalue weighted by Gasteiger charge is -1.98. The minimum Gasteiger partial charge on any atom is -0.354 e. The number of hydrogen-bond acceptors (Lipinski definition) is 4. The minimum absolute atomic E-state index is 0.0409. The number of aromatic nitrogens is 2. The molecule has 0 bridgehead atoms. The third-order valence-electron chi connectivity index (χ3n) is 3.12. The molecule has 0 saturated carbocycles. The van der Waals surface area contributed by atoms with Crippen LogP contribution in [-0.2, 0) is 0 Å². The molecule has 0 radical (unpaired) electrons. The summed E-state index contributed by atoms with van der Waals surface area (Å²) in [5.41, 5.74) is 2.50. The Morgan fingerprint density at radius 3 is 2.60 bits per heavy atom. The average molecular weight is 267 g/mol. The van der Waals surface area contributed by atoms with Crippen molar-refractivity contribution in [3.8, 4) is 11.3 Å². The number of nitro groups is 1. The molecule has 0 fully saturated rings. The van der Waals surface area contributed by atoms with Gasteiger partial charge in [0.25, 0.3) is 5.69 Å². The maximum atomic E-state index is 11.4. The van der Waals surface area contributed by atoms with E-state index in [1.165, 1.54) is 12.1 Å². The molecule has 2 aromatic heterocycles. The quantitative estimate of drug-likeness (QED) is 0.449. The Bertz CT molecular complexity index is 809. The van der Waals surface area contributed by atoms with Crippen molar-refractivity contribution in [2.75, 3.05) is 0 Å².